The summed E-state index contributed by atoms with van der Waals surface area (Å²) in [6.07, 6.45) is 7.52. The highest BCUT2D eigenvalue weighted by Gasteiger charge is 2.21. The van der Waals surface area contributed by atoms with Crippen LogP contribution in [0, 0.1) is 5.41 Å². The zero-order valence-electron chi connectivity index (χ0n) is 23.2. The Morgan fingerprint density at radius 2 is 1.69 bits per heavy atom. The third kappa shape index (κ3) is 5.66. The molecule has 2 aliphatic carbocycles. The highest BCUT2D eigenvalue weighted by Crippen LogP contribution is 2.31. The van der Waals surface area contributed by atoms with Crippen molar-refractivity contribution in [1.29, 1.82) is 0 Å². The molecule has 0 aliphatic heterocycles. The van der Waals surface area contributed by atoms with Crippen molar-refractivity contribution in [1.82, 2.24) is 30.3 Å². The molecule has 2 heterocycles. The molecule has 0 unspecified atom stereocenters. The van der Waals surface area contributed by atoms with Crippen LogP contribution >= 0.6 is 0 Å². The molecular weight excluding hydrogens is 484 g/mol. The van der Waals surface area contributed by atoms with E-state index >= 15 is 0 Å². The van der Waals surface area contributed by atoms with E-state index in [1.165, 1.54) is 23.1 Å². The van der Waals surface area contributed by atoms with Crippen LogP contribution in [0.25, 0.3) is 17.1 Å². The monoisotopic (exact) mass is 522 g/mol. The number of aromatic nitrogens is 5. The van der Waals surface area contributed by atoms with Gasteiger partial charge in [-0.1, -0.05) is 51.1 Å². The minimum Gasteiger partial charge on any atom is -0.368 e. The van der Waals surface area contributed by atoms with Crippen molar-refractivity contribution in [2.75, 3.05) is 17.6 Å². The molecule has 8 nitrogen and oxygen atoms in total. The molecule has 0 spiro atoms. The molecule has 0 bridgehead atoms. The lowest BCUT2D eigenvalue weighted by Gasteiger charge is -2.24. The van der Waals surface area contributed by atoms with Gasteiger partial charge >= 0.3 is 0 Å². The van der Waals surface area contributed by atoms with Gasteiger partial charge in [0.1, 0.15) is 0 Å². The lowest BCUT2D eigenvalue weighted by molar-refractivity contribution is 0.337. The zero-order valence-corrected chi connectivity index (χ0v) is 23.2. The Bertz CT molecular complexity index is 1480. The summed E-state index contributed by atoms with van der Waals surface area (Å²) in [7, 11) is 0. The van der Waals surface area contributed by atoms with Gasteiger partial charge in [-0.3, -0.25) is 0 Å². The van der Waals surface area contributed by atoms with Crippen molar-refractivity contribution in [3.63, 3.8) is 0 Å². The van der Waals surface area contributed by atoms with Crippen LogP contribution in [0.4, 0.5) is 17.6 Å². The molecule has 202 valence electrons. The molecule has 2 aromatic carbocycles. The Morgan fingerprint density at radius 1 is 0.897 bits per heavy atom. The third-order valence-electron chi connectivity index (χ3n) is 7.78. The second-order valence-corrected chi connectivity index (χ2v) is 12.1. The molecule has 2 aliphatic rings. The van der Waals surface area contributed by atoms with Gasteiger partial charge in [0, 0.05) is 23.8 Å². The van der Waals surface area contributed by atoms with Gasteiger partial charge in [0.05, 0.1) is 5.69 Å². The number of nitrogens with one attached hydrogen (secondary N) is 2. The first kappa shape index (κ1) is 25.5. The number of anilines is 3. The Hall–Kier alpha value is -3.78. The lowest BCUT2D eigenvalue weighted by Crippen LogP contribution is -2.36. The first-order valence-electron chi connectivity index (χ1n) is 14.1. The van der Waals surface area contributed by atoms with E-state index in [9.17, 15) is 0 Å². The third-order valence-corrected chi connectivity index (χ3v) is 7.78. The molecule has 1 atom stereocenters. The van der Waals surface area contributed by atoms with E-state index in [1.54, 1.807) is 4.68 Å². The summed E-state index contributed by atoms with van der Waals surface area (Å²) in [5.74, 6) is 1.32. The Morgan fingerprint density at radius 3 is 2.54 bits per heavy atom. The summed E-state index contributed by atoms with van der Waals surface area (Å²) in [4.78, 5) is 4.48. The van der Waals surface area contributed by atoms with E-state index < -0.39 is 0 Å². The Balaban J connectivity index is 1.18. The second-order valence-electron chi connectivity index (χ2n) is 12.1. The van der Waals surface area contributed by atoms with Crippen LogP contribution in [-0.2, 0) is 25.7 Å². The first-order valence-corrected chi connectivity index (χ1v) is 14.1. The molecule has 0 amide bonds. The van der Waals surface area contributed by atoms with Gasteiger partial charge in [0.25, 0.3) is 0 Å². The molecule has 39 heavy (non-hydrogen) atoms. The maximum atomic E-state index is 6.29. The van der Waals surface area contributed by atoms with Crippen LogP contribution in [0.3, 0.4) is 0 Å². The van der Waals surface area contributed by atoms with Crippen molar-refractivity contribution >= 4 is 17.6 Å². The predicted molar refractivity (Wildman–Crippen MR) is 156 cm³/mol. The number of benzene rings is 2. The number of nitrogens with two attached hydrogens (primary N) is 1. The minimum atomic E-state index is 0.281. The summed E-state index contributed by atoms with van der Waals surface area (Å²) in [6, 6.07) is 17.6. The number of nitrogen functional groups attached to an aromatic ring is 1. The number of aryl methyl sites for hydroxylation is 4. The fourth-order valence-corrected chi connectivity index (χ4v) is 5.69. The quantitative estimate of drug-likeness (QED) is 0.300. The predicted octanol–water partition coefficient (Wildman–Crippen LogP) is 5.42. The van der Waals surface area contributed by atoms with Crippen LogP contribution in [0.2, 0.25) is 0 Å². The van der Waals surface area contributed by atoms with Gasteiger partial charge in [0.15, 0.2) is 5.82 Å². The van der Waals surface area contributed by atoms with Crippen molar-refractivity contribution in [2.24, 2.45) is 5.41 Å². The first-order chi connectivity index (χ1) is 18.8. The molecule has 4 N–H and O–H groups in total. The van der Waals surface area contributed by atoms with E-state index in [2.05, 4.69) is 94.1 Å². The van der Waals surface area contributed by atoms with Gasteiger partial charge in [-0.15, -0.1) is 15.3 Å². The van der Waals surface area contributed by atoms with Crippen LogP contribution in [-0.4, -0.2) is 37.5 Å². The number of hydrogen-bond donors (Lipinski definition) is 3. The molecule has 0 radical (unpaired) electrons. The average molecular weight is 523 g/mol. The standard InChI is InChI=1S/C31H38N8/c1-31(2,3)19-33-24-14-11-20-12-16-25(17-22(20)13-15-24)34-30-35-29(32)39(38-30)27-18-23-9-6-8-21-7-4-5-10-26(21)28(23)37-36-27/h4-5,7,10,12,16-18,24,33H,6,8-9,11,13-15,19H2,1-3H3,(H3,32,34,35,38)/t24-/m0/s1. The van der Waals surface area contributed by atoms with Crippen LogP contribution in [0.15, 0.2) is 48.5 Å². The van der Waals surface area contributed by atoms with Crippen LogP contribution < -0.4 is 16.4 Å². The van der Waals surface area contributed by atoms with E-state index in [1.807, 2.05) is 6.07 Å². The van der Waals surface area contributed by atoms with Gasteiger partial charge in [-0.25, -0.2) is 0 Å². The van der Waals surface area contributed by atoms with Crippen LogP contribution in [0.5, 0.6) is 0 Å². The lowest BCUT2D eigenvalue weighted by atomic mass is 9.96. The summed E-state index contributed by atoms with van der Waals surface area (Å²) >= 11 is 0. The zero-order chi connectivity index (χ0) is 27.0. The maximum absolute atomic E-state index is 6.29. The number of nitrogens with zero attached hydrogens (tertiary/aromatic N) is 5. The van der Waals surface area contributed by atoms with Crippen molar-refractivity contribution < 1.29 is 0 Å². The van der Waals surface area contributed by atoms with Crippen molar-refractivity contribution in [2.45, 2.75) is 71.8 Å². The smallest absolute Gasteiger partial charge is 0.248 e. The summed E-state index contributed by atoms with van der Waals surface area (Å²) in [5.41, 5.74) is 15.0. The average Bonchev–Trinajstić information content (AvgIpc) is 3.06. The number of fused-ring (bicyclic) bond motifs is 4. The van der Waals surface area contributed by atoms with E-state index in [4.69, 9.17) is 5.73 Å². The van der Waals surface area contributed by atoms with E-state index in [-0.39, 0.29) is 5.95 Å². The molecule has 0 saturated carbocycles. The SMILES string of the molecule is CC(C)(C)CN[C@H]1CCc2ccc(Nc3nc(N)n(-c4cc5c(nn4)-c4ccccc4CCC5)n3)cc2CC1. The van der Waals surface area contributed by atoms with Gasteiger partial charge in [-0.05, 0) is 90.8 Å². The molecule has 6 rings (SSSR count). The fourth-order valence-electron chi connectivity index (χ4n) is 5.69. The highest BCUT2D eigenvalue weighted by molar-refractivity contribution is 5.68. The maximum Gasteiger partial charge on any atom is 0.248 e. The van der Waals surface area contributed by atoms with Crippen LogP contribution in [0.1, 0.15) is 62.3 Å². The molecule has 2 aromatic heterocycles. The van der Waals surface area contributed by atoms with Gasteiger partial charge in [0.2, 0.25) is 11.9 Å². The normalized spacial score (nSPS) is 16.9. The van der Waals surface area contributed by atoms with Crippen molar-refractivity contribution in [3.8, 4) is 17.1 Å². The van der Waals surface area contributed by atoms with E-state index in [0.29, 0.717) is 23.2 Å². The fraction of sp³-hybridized carbons (Fsp3) is 0.419. The summed E-state index contributed by atoms with van der Waals surface area (Å²) in [6.45, 7) is 7.89. The number of rotatable bonds is 5. The molecule has 0 fully saturated rings. The van der Waals surface area contributed by atoms with Gasteiger partial charge in [-0.2, -0.15) is 9.67 Å². The second kappa shape index (κ2) is 10.4. The Labute approximate surface area is 230 Å². The van der Waals surface area contributed by atoms with Crippen molar-refractivity contribution in [3.05, 3.63) is 70.8 Å². The molecule has 0 saturated heterocycles. The highest BCUT2D eigenvalue weighted by atomic mass is 15.4. The largest absolute Gasteiger partial charge is 0.368 e. The molecule has 8 heteroatoms. The van der Waals surface area contributed by atoms with Gasteiger partial charge < -0.3 is 16.4 Å². The Kier molecular flexibility index (Phi) is 6.81. The van der Waals surface area contributed by atoms with E-state index in [0.717, 1.165) is 67.6 Å². The minimum absolute atomic E-state index is 0.281. The molecule has 4 aromatic rings. The molecular formula is C31H38N8. The summed E-state index contributed by atoms with van der Waals surface area (Å²) in [5, 5.41) is 20.9. The number of hydrogen-bond acceptors (Lipinski definition) is 7. The topological polar surface area (TPSA) is 107 Å². The summed E-state index contributed by atoms with van der Waals surface area (Å²) < 4.78 is 1.57.